The Morgan fingerprint density at radius 1 is 1.18 bits per heavy atom. The Labute approximate surface area is 129 Å². The van der Waals surface area contributed by atoms with Crippen LogP contribution in [0.15, 0.2) is 30.6 Å². The van der Waals surface area contributed by atoms with Crippen molar-refractivity contribution in [3.8, 4) is 0 Å². The minimum Gasteiger partial charge on any atom is -0.363 e. The number of nitrogens with zero attached hydrogens (tertiary/aromatic N) is 4. The summed E-state index contributed by atoms with van der Waals surface area (Å²) in [4.78, 5) is 26.4. The molecule has 7 heteroatoms. The summed E-state index contributed by atoms with van der Waals surface area (Å²) in [6.07, 6.45) is 3.19. The lowest BCUT2D eigenvalue weighted by Crippen LogP contribution is -2.29. The van der Waals surface area contributed by atoms with Gasteiger partial charge < -0.3 is 15.5 Å². The molecule has 0 saturated heterocycles. The van der Waals surface area contributed by atoms with Crippen molar-refractivity contribution in [1.29, 1.82) is 0 Å². The minimum atomic E-state index is -0.122. The molecular weight excluding hydrogens is 280 g/mol. The Kier molecular flexibility index (Phi) is 5.24. The average molecular weight is 300 g/mol. The zero-order valence-corrected chi connectivity index (χ0v) is 13.0. The van der Waals surface area contributed by atoms with Crippen LogP contribution in [0.1, 0.15) is 16.1 Å². The molecule has 0 aromatic carbocycles. The van der Waals surface area contributed by atoms with E-state index >= 15 is 0 Å². The summed E-state index contributed by atoms with van der Waals surface area (Å²) in [5, 5.41) is 5.94. The molecule has 0 aliphatic heterocycles. The van der Waals surface area contributed by atoms with Gasteiger partial charge in [0.25, 0.3) is 5.91 Å². The quantitative estimate of drug-likeness (QED) is 0.777. The van der Waals surface area contributed by atoms with Crippen LogP contribution in [0.2, 0.25) is 0 Å². The molecule has 0 spiro atoms. The second-order valence-corrected chi connectivity index (χ2v) is 5.00. The molecule has 2 rings (SSSR count). The number of carbonyl (C=O) groups is 1. The number of carbonyl (C=O) groups excluding carboxylic acids is 1. The minimum absolute atomic E-state index is 0.122. The predicted molar refractivity (Wildman–Crippen MR) is 86.2 cm³/mol. The third-order valence-corrected chi connectivity index (χ3v) is 2.94. The molecule has 0 bridgehead atoms. The monoisotopic (exact) mass is 300 g/mol. The summed E-state index contributed by atoms with van der Waals surface area (Å²) in [6, 6.07) is 5.27. The Hall–Kier alpha value is -2.70. The highest BCUT2D eigenvalue weighted by atomic mass is 16.1. The maximum Gasteiger partial charge on any atom is 0.251 e. The average Bonchev–Trinajstić information content (AvgIpc) is 2.51. The van der Waals surface area contributed by atoms with Crippen molar-refractivity contribution in [3.63, 3.8) is 0 Å². The molecule has 0 fully saturated rings. The standard InChI is InChI=1S/C15H20N6O/c1-11-10-13(21(2)3)20-15(19-11)18-9-8-17-14(22)12-4-6-16-7-5-12/h4-7,10H,8-9H2,1-3H3,(H,17,22)(H,18,19,20). The van der Waals surface area contributed by atoms with E-state index in [0.29, 0.717) is 24.6 Å². The molecule has 7 nitrogen and oxygen atoms in total. The summed E-state index contributed by atoms with van der Waals surface area (Å²) in [5.74, 6) is 1.28. The maximum absolute atomic E-state index is 11.8. The molecule has 0 unspecified atom stereocenters. The zero-order valence-electron chi connectivity index (χ0n) is 13.0. The Balaban J connectivity index is 1.83. The second kappa shape index (κ2) is 7.35. The Morgan fingerprint density at radius 2 is 1.91 bits per heavy atom. The number of amides is 1. The fraction of sp³-hybridized carbons (Fsp3) is 0.333. The van der Waals surface area contributed by atoms with Crippen molar-refractivity contribution in [2.45, 2.75) is 6.92 Å². The van der Waals surface area contributed by atoms with Gasteiger partial charge in [0.05, 0.1) is 0 Å². The van der Waals surface area contributed by atoms with Crippen LogP contribution >= 0.6 is 0 Å². The largest absolute Gasteiger partial charge is 0.363 e. The zero-order chi connectivity index (χ0) is 15.9. The summed E-state index contributed by atoms with van der Waals surface area (Å²) >= 11 is 0. The molecule has 1 amide bonds. The normalized spacial score (nSPS) is 10.1. The first-order valence-electron chi connectivity index (χ1n) is 7.01. The molecule has 2 aromatic heterocycles. The van der Waals surface area contributed by atoms with Crippen LogP contribution < -0.4 is 15.5 Å². The van der Waals surface area contributed by atoms with Crippen LogP contribution in [0.3, 0.4) is 0 Å². The lowest BCUT2D eigenvalue weighted by molar-refractivity contribution is 0.0955. The molecule has 2 heterocycles. The van der Waals surface area contributed by atoms with Gasteiger partial charge in [0.1, 0.15) is 5.82 Å². The number of rotatable bonds is 6. The van der Waals surface area contributed by atoms with E-state index in [1.165, 1.54) is 0 Å². The van der Waals surface area contributed by atoms with Crippen LogP contribution in [0.5, 0.6) is 0 Å². The lowest BCUT2D eigenvalue weighted by Gasteiger charge is -2.14. The van der Waals surface area contributed by atoms with Crippen molar-refractivity contribution in [1.82, 2.24) is 20.3 Å². The molecular formula is C15H20N6O. The van der Waals surface area contributed by atoms with Gasteiger partial charge in [-0.1, -0.05) is 0 Å². The third kappa shape index (κ3) is 4.41. The predicted octanol–water partition coefficient (Wildman–Crippen LogP) is 1.09. The van der Waals surface area contributed by atoms with Crippen molar-refractivity contribution in [2.24, 2.45) is 0 Å². The van der Waals surface area contributed by atoms with Gasteiger partial charge in [0.2, 0.25) is 5.95 Å². The van der Waals surface area contributed by atoms with E-state index in [9.17, 15) is 4.79 Å². The smallest absolute Gasteiger partial charge is 0.251 e. The highest BCUT2D eigenvalue weighted by Crippen LogP contribution is 2.11. The number of hydrogen-bond donors (Lipinski definition) is 2. The third-order valence-electron chi connectivity index (χ3n) is 2.94. The van der Waals surface area contributed by atoms with E-state index in [2.05, 4.69) is 25.6 Å². The lowest BCUT2D eigenvalue weighted by atomic mass is 10.2. The number of anilines is 2. The van der Waals surface area contributed by atoms with Gasteiger partial charge in [-0.2, -0.15) is 4.98 Å². The van der Waals surface area contributed by atoms with Crippen molar-refractivity contribution in [2.75, 3.05) is 37.4 Å². The number of pyridine rings is 1. The molecule has 0 aliphatic rings. The van der Waals surface area contributed by atoms with Gasteiger partial charge in [0.15, 0.2) is 0 Å². The van der Waals surface area contributed by atoms with E-state index in [1.807, 2.05) is 32.0 Å². The summed E-state index contributed by atoms with van der Waals surface area (Å²) in [6.45, 7) is 2.95. The van der Waals surface area contributed by atoms with Crippen LogP contribution in [0.25, 0.3) is 0 Å². The maximum atomic E-state index is 11.8. The molecule has 0 radical (unpaired) electrons. The van der Waals surface area contributed by atoms with Crippen LogP contribution in [0.4, 0.5) is 11.8 Å². The van der Waals surface area contributed by atoms with E-state index in [-0.39, 0.29) is 5.91 Å². The highest BCUT2D eigenvalue weighted by molar-refractivity contribution is 5.93. The SMILES string of the molecule is Cc1cc(N(C)C)nc(NCCNC(=O)c2ccncc2)n1. The van der Waals surface area contributed by atoms with Crippen molar-refractivity contribution >= 4 is 17.7 Å². The van der Waals surface area contributed by atoms with Gasteiger partial charge >= 0.3 is 0 Å². The number of nitrogens with one attached hydrogen (secondary N) is 2. The first kappa shape index (κ1) is 15.7. The van der Waals surface area contributed by atoms with Crippen LogP contribution in [-0.2, 0) is 0 Å². The summed E-state index contributed by atoms with van der Waals surface area (Å²) < 4.78 is 0. The van der Waals surface area contributed by atoms with Crippen LogP contribution in [0, 0.1) is 6.92 Å². The molecule has 22 heavy (non-hydrogen) atoms. The van der Waals surface area contributed by atoms with Gasteiger partial charge in [0, 0.05) is 56.9 Å². The van der Waals surface area contributed by atoms with E-state index in [4.69, 9.17) is 0 Å². The highest BCUT2D eigenvalue weighted by Gasteiger charge is 2.05. The molecule has 0 atom stereocenters. The van der Waals surface area contributed by atoms with Gasteiger partial charge in [-0.25, -0.2) is 4.98 Å². The van der Waals surface area contributed by atoms with Crippen molar-refractivity contribution in [3.05, 3.63) is 41.9 Å². The number of hydrogen-bond acceptors (Lipinski definition) is 6. The fourth-order valence-corrected chi connectivity index (χ4v) is 1.82. The fourth-order valence-electron chi connectivity index (χ4n) is 1.82. The number of aryl methyl sites for hydroxylation is 1. The first-order chi connectivity index (χ1) is 10.6. The van der Waals surface area contributed by atoms with E-state index in [0.717, 1.165) is 11.5 Å². The second-order valence-electron chi connectivity index (χ2n) is 5.00. The molecule has 2 aromatic rings. The molecule has 0 aliphatic carbocycles. The van der Waals surface area contributed by atoms with Crippen LogP contribution in [-0.4, -0.2) is 48.0 Å². The topological polar surface area (TPSA) is 83.0 Å². The van der Waals surface area contributed by atoms with E-state index in [1.54, 1.807) is 24.5 Å². The summed E-state index contributed by atoms with van der Waals surface area (Å²) in [5.41, 5.74) is 1.48. The molecule has 116 valence electrons. The summed E-state index contributed by atoms with van der Waals surface area (Å²) in [7, 11) is 3.86. The van der Waals surface area contributed by atoms with Gasteiger partial charge in [-0.15, -0.1) is 0 Å². The molecule has 2 N–H and O–H groups in total. The van der Waals surface area contributed by atoms with Gasteiger partial charge in [-0.05, 0) is 19.1 Å². The Bertz CT molecular complexity index is 629. The van der Waals surface area contributed by atoms with Crippen molar-refractivity contribution < 1.29 is 4.79 Å². The first-order valence-corrected chi connectivity index (χ1v) is 7.01. The molecule has 0 saturated carbocycles. The Morgan fingerprint density at radius 3 is 2.59 bits per heavy atom. The van der Waals surface area contributed by atoms with Gasteiger partial charge in [-0.3, -0.25) is 9.78 Å². The van der Waals surface area contributed by atoms with E-state index < -0.39 is 0 Å². The number of aromatic nitrogens is 3.